The average molecular weight is 304 g/mol. The monoisotopic (exact) mass is 304 g/mol. The average Bonchev–Trinajstić information content (AvgIpc) is 2.97. The Kier molecular flexibility index (Phi) is 3.79. The summed E-state index contributed by atoms with van der Waals surface area (Å²) in [5.74, 6) is -1.09. The van der Waals surface area contributed by atoms with Gasteiger partial charge in [-0.05, 0) is 35.7 Å². The largest absolute Gasteiger partial charge is 0.481 e. The Hall–Kier alpha value is -2.08. The summed E-state index contributed by atoms with van der Waals surface area (Å²) in [6, 6.07) is 7.69. The molecule has 1 fully saturated rings. The van der Waals surface area contributed by atoms with Crippen LogP contribution in [0.5, 0.6) is 0 Å². The Morgan fingerprint density at radius 1 is 1.24 bits per heavy atom. The maximum absolute atomic E-state index is 12.3. The number of carbonyl (C=O) groups excluding carboxylic acids is 1. The highest BCUT2D eigenvalue weighted by molar-refractivity contribution is 7.17. The number of benzene rings is 1. The molecule has 1 saturated heterocycles. The molecule has 2 amide bonds. The Balaban J connectivity index is 1.67. The van der Waals surface area contributed by atoms with Crippen LogP contribution in [0.3, 0.4) is 0 Å². The molecule has 0 unspecified atom stereocenters. The molecule has 110 valence electrons. The number of amides is 2. The summed E-state index contributed by atoms with van der Waals surface area (Å²) in [4.78, 5) is 24.9. The Bertz CT molecular complexity index is 674. The van der Waals surface area contributed by atoms with Crippen molar-refractivity contribution in [1.29, 1.82) is 0 Å². The van der Waals surface area contributed by atoms with E-state index in [-0.39, 0.29) is 11.9 Å². The van der Waals surface area contributed by atoms with Crippen LogP contribution in [0.4, 0.5) is 10.5 Å². The van der Waals surface area contributed by atoms with Crippen LogP contribution in [0.15, 0.2) is 29.6 Å². The highest BCUT2D eigenvalue weighted by Crippen LogP contribution is 2.29. The van der Waals surface area contributed by atoms with Crippen LogP contribution in [0.2, 0.25) is 0 Å². The van der Waals surface area contributed by atoms with Gasteiger partial charge < -0.3 is 15.3 Å². The van der Waals surface area contributed by atoms with Crippen LogP contribution in [0, 0.1) is 5.92 Å². The predicted molar refractivity (Wildman–Crippen MR) is 82.8 cm³/mol. The fraction of sp³-hybridized carbons (Fsp3) is 0.333. The minimum atomic E-state index is -0.765. The van der Waals surface area contributed by atoms with E-state index in [4.69, 9.17) is 5.11 Å². The van der Waals surface area contributed by atoms with Crippen LogP contribution in [-0.4, -0.2) is 35.1 Å². The van der Waals surface area contributed by atoms with Gasteiger partial charge in [0.1, 0.15) is 0 Å². The lowest BCUT2D eigenvalue weighted by Gasteiger charge is -2.30. The van der Waals surface area contributed by atoms with E-state index in [1.807, 2.05) is 29.6 Å². The van der Waals surface area contributed by atoms with Crippen LogP contribution in [0.25, 0.3) is 10.1 Å². The molecule has 21 heavy (non-hydrogen) atoms. The standard InChI is InChI=1S/C15H16N2O3S/c18-14(19)11-4-7-17(8-5-11)15(20)16-12-3-1-2-10-6-9-21-13(10)12/h1-3,6,9,11H,4-5,7-8H2,(H,16,20)(H,18,19). The second-order valence-corrected chi connectivity index (χ2v) is 6.09. The van der Waals surface area contributed by atoms with Crippen molar-refractivity contribution < 1.29 is 14.7 Å². The van der Waals surface area contributed by atoms with Gasteiger partial charge in [0.05, 0.1) is 16.3 Å². The molecule has 0 aliphatic carbocycles. The highest BCUT2D eigenvalue weighted by Gasteiger charge is 2.27. The van der Waals surface area contributed by atoms with Crippen molar-refractivity contribution in [3.8, 4) is 0 Å². The Morgan fingerprint density at radius 2 is 2.00 bits per heavy atom. The third-order valence-corrected chi connectivity index (χ3v) is 4.82. The summed E-state index contributed by atoms with van der Waals surface area (Å²) in [5.41, 5.74) is 0.813. The summed E-state index contributed by atoms with van der Waals surface area (Å²) in [5, 5.41) is 15.0. The number of rotatable bonds is 2. The predicted octanol–water partition coefficient (Wildman–Crippen LogP) is 3.23. The molecule has 1 aliphatic heterocycles. The minimum absolute atomic E-state index is 0.153. The molecule has 2 N–H and O–H groups in total. The van der Waals surface area contributed by atoms with Crippen molar-refractivity contribution in [2.45, 2.75) is 12.8 Å². The number of urea groups is 1. The molecule has 2 aromatic rings. The fourth-order valence-corrected chi connectivity index (χ4v) is 3.48. The van der Waals surface area contributed by atoms with Gasteiger partial charge in [-0.2, -0.15) is 0 Å². The minimum Gasteiger partial charge on any atom is -0.481 e. The Morgan fingerprint density at radius 3 is 2.71 bits per heavy atom. The number of carbonyl (C=O) groups is 2. The second kappa shape index (κ2) is 5.73. The first-order valence-corrected chi connectivity index (χ1v) is 7.78. The lowest BCUT2D eigenvalue weighted by Crippen LogP contribution is -2.42. The highest BCUT2D eigenvalue weighted by atomic mass is 32.1. The van der Waals surface area contributed by atoms with Crippen molar-refractivity contribution in [1.82, 2.24) is 4.90 Å². The number of nitrogens with one attached hydrogen (secondary N) is 1. The van der Waals surface area contributed by atoms with Gasteiger partial charge in [0.25, 0.3) is 0 Å². The topological polar surface area (TPSA) is 69.6 Å². The van der Waals surface area contributed by atoms with Crippen LogP contribution >= 0.6 is 11.3 Å². The van der Waals surface area contributed by atoms with E-state index >= 15 is 0 Å². The van der Waals surface area contributed by atoms with Gasteiger partial charge in [-0.1, -0.05) is 12.1 Å². The number of hydrogen-bond donors (Lipinski definition) is 2. The zero-order valence-corrected chi connectivity index (χ0v) is 12.2. The van der Waals surface area contributed by atoms with Crippen molar-refractivity contribution in [3.63, 3.8) is 0 Å². The number of carboxylic acids is 1. The summed E-state index contributed by atoms with van der Waals surface area (Å²) in [6.07, 6.45) is 1.04. The van der Waals surface area contributed by atoms with E-state index in [1.165, 1.54) is 0 Å². The molecular weight excluding hydrogens is 288 g/mol. The number of fused-ring (bicyclic) bond motifs is 1. The van der Waals surface area contributed by atoms with Gasteiger partial charge in [-0.15, -0.1) is 11.3 Å². The summed E-state index contributed by atoms with van der Waals surface area (Å²) < 4.78 is 1.06. The molecule has 0 saturated carbocycles. The normalized spacial score (nSPS) is 16.1. The SMILES string of the molecule is O=C(O)C1CCN(C(=O)Nc2cccc3ccsc23)CC1. The van der Waals surface area contributed by atoms with E-state index in [2.05, 4.69) is 5.32 Å². The number of nitrogens with zero attached hydrogens (tertiary/aromatic N) is 1. The molecule has 1 aliphatic rings. The lowest BCUT2D eigenvalue weighted by atomic mass is 9.97. The van der Waals surface area contributed by atoms with E-state index in [1.54, 1.807) is 16.2 Å². The van der Waals surface area contributed by atoms with Gasteiger partial charge in [-0.3, -0.25) is 4.79 Å². The van der Waals surface area contributed by atoms with E-state index in [0.717, 1.165) is 15.8 Å². The van der Waals surface area contributed by atoms with Crippen LogP contribution < -0.4 is 5.32 Å². The molecule has 0 spiro atoms. The molecule has 0 bridgehead atoms. The molecule has 1 aromatic heterocycles. The molecule has 5 nitrogen and oxygen atoms in total. The van der Waals surface area contributed by atoms with Gasteiger partial charge in [0, 0.05) is 13.1 Å². The Labute approximate surface area is 126 Å². The third-order valence-electron chi connectivity index (χ3n) is 3.85. The van der Waals surface area contributed by atoms with Gasteiger partial charge in [0.2, 0.25) is 0 Å². The number of carboxylic acid groups (broad SMARTS) is 1. The quantitative estimate of drug-likeness (QED) is 0.895. The van der Waals surface area contributed by atoms with E-state index in [9.17, 15) is 9.59 Å². The summed E-state index contributed by atoms with van der Waals surface area (Å²) in [7, 11) is 0. The first kappa shape index (κ1) is 13.9. The second-order valence-electron chi connectivity index (χ2n) is 5.17. The summed E-state index contributed by atoms with van der Waals surface area (Å²) in [6.45, 7) is 0.979. The maximum Gasteiger partial charge on any atom is 0.321 e. The van der Waals surface area contributed by atoms with Crippen molar-refractivity contribution >= 4 is 39.1 Å². The zero-order valence-electron chi connectivity index (χ0n) is 11.4. The van der Waals surface area contributed by atoms with Crippen molar-refractivity contribution in [3.05, 3.63) is 29.6 Å². The number of thiophene rings is 1. The molecule has 3 rings (SSSR count). The first-order valence-electron chi connectivity index (χ1n) is 6.90. The fourth-order valence-electron chi connectivity index (χ4n) is 2.62. The molecular formula is C15H16N2O3S. The first-order chi connectivity index (χ1) is 10.1. The summed E-state index contributed by atoms with van der Waals surface area (Å²) >= 11 is 1.60. The smallest absolute Gasteiger partial charge is 0.321 e. The number of anilines is 1. The molecule has 0 radical (unpaired) electrons. The number of hydrogen-bond acceptors (Lipinski definition) is 3. The molecule has 2 heterocycles. The molecule has 6 heteroatoms. The number of likely N-dealkylation sites (tertiary alicyclic amines) is 1. The van der Waals surface area contributed by atoms with Crippen molar-refractivity contribution in [2.24, 2.45) is 5.92 Å². The maximum atomic E-state index is 12.3. The van der Waals surface area contributed by atoms with Gasteiger partial charge >= 0.3 is 12.0 Å². The third kappa shape index (κ3) is 2.85. The number of aliphatic carboxylic acids is 1. The van der Waals surface area contributed by atoms with Crippen LogP contribution in [-0.2, 0) is 4.79 Å². The number of piperidine rings is 1. The van der Waals surface area contributed by atoms with Crippen LogP contribution in [0.1, 0.15) is 12.8 Å². The zero-order chi connectivity index (χ0) is 14.8. The van der Waals surface area contributed by atoms with Crippen molar-refractivity contribution in [2.75, 3.05) is 18.4 Å². The van der Waals surface area contributed by atoms with E-state index in [0.29, 0.717) is 25.9 Å². The molecule has 1 aromatic carbocycles. The van der Waals surface area contributed by atoms with Gasteiger partial charge in [-0.25, -0.2) is 4.79 Å². The van der Waals surface area contributed by atoms with Gasteiger partial charge in [0.15, 0.2) is 0 Å². The molecule has 0 atom stereocenters. The lowest BCUT2D eigenvalue weighted by molar-refractivity contribution is -0.143. The van der Waals surface area contributed by atoms with E-state index < -0.39 is 5.97 Å².